The summed E-state index contributed by atoms with van der Waals surface area (Å²) in [6.07, 6.45) is 8.99. The predicted octanol–water partition coefficient (Wildman–Crippen LogP) is 2.03. The van der Waals surface area contributed by atoms with Crippen LogP contribution in [0.2, 0.25) is 0 Å². The molecule has 7 nitrogen and oxygen atoms in total. The number of hydrogen-bond acceptors (Lipinski definition) is 4. The number of aromatic nitrogens is 3. The standard InChI is InChI=1S/C17H20N4O3/c22-15(19-12-17(16(23)24)6-2-1-3-7-17)14-11-13(5-9-18-14)21-10-4-8-20-21/h4-5,8-11H,1-3,6-7,12H2,(H,19,22)(H,23,24). The molecule has 0 unspecified atom stereocenters. The van der Waals surface area contributed by atoms with Gasteiger partial charge in [0, 0.05) is 25.1 Å². The molecule has 7 heteroatoms. The van der Waals surface area contributed by atoms with E-state index in [-0.39, 0.29) is 18.1 Å². The van der Waals surface area contributed by atoms with Crippen LogP contribution in [0.15, 0.2) is 36.8 Å². The van der Waals surface area contributed by atoms with E-state index in [4.69, 9.17) is 0 Å². The van der Waals surface area contributed by atoms with Crippen molar-refractivity contribution in [3.63, 3.8) is 0 Å². The Morgan fingerprint density at radius 1 is 1.25 bits per heavy atom. The van der Waals surface area contributed by atoms with Gasteiger partial charge in [0.1, 0.15) is 5.69 Å². The Labute approximate surface area is 139 Å². The molecule has 0 atom stereocenters. The van der Waals surface area contributed by atoms with Gasteiger partial charge in [0.05, 0.1) is 11.1 Å². The van der Waals surface area contributed by atoms with Crippen molar-refractivity contribution in [1.29, 1.82) is 0 Å². The number of rotatable bonds is 5. The zero-order valence-electron chi connectivity index (χ0n) is 13.3. The number of carboxylic acids is 1. The first-order chi connectivity index (χ1) is 11.6. The van der Waals surface area contributed by atoms with Crippen LogP contribution in [-0.2, 0) is 4.79 Å². The SMILES string of the molecule is O=C(NCC1(C(=O)O)CCCCC1)c1cc(-n2cccn2)ccn1. The van der Waals surface area contributed by atoms with Gasteiger partial charge in [0.15, 0.2) is 0 Å². The molecule has 2 aromatic rings. The van der Waals surface area contributed by atoms with Crippen molar-refractivity contribution in [1.82, 2.24) is 20.1 Å². The molecule has 0 bridgehead atoms. The maximum Gasteiger partial charge on any atom is 0.311 e. The summed E-state index contributed by atoms with van der Waals surface area (Å²) in [5.41, 5.74) is 0.123. The highest BCUT2D eigenvalue weighted by atomic mass is 16.4. The number of amides is 1. The van der Waals surface area contributed by atoms with E-state index < -0.39 is 11.4 Å². The number of nitrogens with one attached hydrogen (secondary N) is 1. The Morgan fingerprint density at radius 2 is 2.04 bits per heavy atom. The van der Waals surface area contributed by atoms with Crippen LogP contribution in [0, 0.1) is 5.41 Å². The van der Waals surface area contributed by atoms with Crippen molar-refractivity contribution in [3.8, 4) is 5.69 Å². The highest BCUT2D eigenvalue weighted by Gasteiger charge is 2.39. The quantitative estimate of drug-likeness (QED) is 0.875. The number of aliphatic carboxylic acids is 1. The van der Waals surface area contributed by atoms with Gasteiger partial charge in [-0.2, -0.15) is 5.10 Å². The third kappa shape index (κ3) is 3.29. The van der Waals surface area contributed by atoms with Crippen molar-refractivity contribution in [2.24, 2.45) is 5.41 Å². The minimum Gasteiger partial charge on any atom is -0.481 e. The van der Waals surface area contributed by atoms with E-state index in [0.29, 0.717) is 12.8 Å². The summed E-state index contributed by atoms with van der Waals surface area (Å²) in [4.78, 5) is 28.1. The second kappa shape index (κ2) is 6.82. The maximum atomic E-state index is 12.4. The van der Waals surface area contributed by atoms with E-state index in [9.17, 15) is 14.7 Å². The number of pyridine rings is 1. The lowest BCUT2D eigenvalue weighted by Gasteiger charge is -2.33. The topological polar surface area (TPSA) is 97.1 Å². The highest BCUT2D eigenvalue weighted by molar-refractivity contribution is 5.93. The van der Waals surface area contributed by atoms with E-state index in [2.05, 4.69) is 15.4 Å². The molecule has 1 amide bonds. The van der Waals surface area contributed by atoms with Crippen molar-refractivity contribution < 1.29 is 14.7 Å². The molecule has 24 heavy (non-hydrogen) atoms. The van der Waals surface area contributed by atoms with Crippen LogP contribution in [-0.4, -0.2) is 38.3 Å². The summed E-state index contributed by atoms with van der Waals surface area (Å²) in [5.74, 6) is -1.20. The molecule has 2 heterocycles. The van der Waals surface area contributed by atoms with Gasteiger partial charge in [-0.05, 0) is 31.0 Å². The summed E-state index contributed by atoms with van der Waals surface area (Å²) in [5, 5.41) is 16.4. The fraction of sp³-hybridized carbons (Fsp3) is 0.412. The molecular weight excluding hydrogens is 308 g/mol. The molecule has 0 saturated heterocycles. The number of hydrogen-bond donors (Lipinski definition) is 2. The van der Waals surface area contributed by atoms with Gasteiger partial charge in [-0.25, -0.2) is 4.68 Å². The van der Waals surface area contributed by atoms with E-state index in [1.54, 1.807) is 41.5 Å². The highest BCUT2D eigenvalue weighted by Crippen LogP contribution is 2.36. The molecule has 1 aliphatic rings. The van der Waals surface area contributed by atoms with Crippen molar-refractivity contribution >= 4 is 11.9 Å². The van der Waals surface area contributed by atoms with Crippen molar-refractivity contribution in [3.05, 3.63) is 42.5 Å². The molecule has 0 spiro atoms. The molecule has 0 aliphatic heterocycles. The largest absolute Gasteiger partial charge is 0.481 e. The molecule has 0 aromatic carbocycles. The second-order valence-corrected chi connectivity index (χ2v) is 6.18. The van der Waals surface area contributed by atoms with Crippen LogP contribution < -0.4 is 5.32 Å². The zero-order chi connectivity index (χ0) is 17.0. The van der Waals surface area contributed by atoms with Crippen LogP contribution in [0.1, 0.15) is 42.6 Å². The molecule has 3 rings (SSSR count). The summed E-state index contributed by atoms with van der Waals surface area (Å²) >= 11 is 0. The van der Waals surface area contributed by atoms with E-state index in [1.807, 2.05) is 0 Å². The minimum atomic E-state index is -0.854. The van der Waals surface area contributed by atoms with E-state index in [1.165, 1.54) is 0 Å². The summed E-state index contributed by atoms with van der Waals surface area (Å²) in [6.45, 7) is 0.134. The van der Waals surface area contributed by atoms with E-state index in [0.717, 1.165) is 24.9 Å². The monoisotopic (exact) mass is 328 g/mol. The van der Waals surface area contributed by atoms with Crippen molar-refractivity contribution in [2.75, 3.05) is 6.54 Å². The van der Waals surface area contributed by atoms with Gasteiger partial charge < -0.3 is 10.4 Å². The van der Waals surface area contributed by atoms with E-state index >= 15 is 0 Å². The maximum absolute atomic E-state index is 12.4. The normalized spacial score (nSPS) is 16.5. The Morgan fingerprint density at radius 3 is 2.71 bits per heavy atom. The van der Waals surface area contributed by atoms with Crippen LogP contribution in [0.3, 0.4) is 0 Å². The van der Waals surface area contributed by atoms with Crippen molar-refractivity contribution in [2.45, 2.75) is 32.1 Å². The van der Waals surface area contributed by atoms with Gasteiger partial charge in [-0.15, -0.1) is 0 Å². The average Bonchev–Trinajstić information content (AvgIpc) is 3.15. The summed E-state index contributed by atoms with van der Waals surface area (Å²) in [7, 11) is 0. The molecule has 1 aliphatic carbocycles. The molecule has 1 fully saturated rings. The molecule has 1 saturated carbocycles. The van der Waals surface area contributed by atoms with Gasteiger partial charge >= 0.3 is 5.97 Å². The Hall–Kier alpha value is -2.70. The van der Waals surface area contributed by atoms with Gasteiger partial charge in [0.2, 0.25) is 0 Å². The first-order valence-corrected chi connectivity index (χ1v) is 8.08. The number of carbonyl (C=O) groups excluding carboxylic acids is 1. The minimum absolute atomic E-state index is 0.134. The molecule has 0 radical (unpaired) electrons. The van der Waals surface area contributed by atoms with Crippen LogP contribution in [0.5, 0.6) is 0 Å². The molecule has 2 aromatic heterocycles. The first-order valence-electron chi connectivity index (χ1n) is 8.08. The summed E-state index contributed by atoms with van der Waals surface area (Å²) in [6, 6.07) is 5.18. The average molecular weight is 328 g/mol. The van der Waals surface area contributed by atoms with Crippen LogP contribution in [0.4, 0.5) is 0 Å². The fourth-order valence-corrected chi connectivity index (χ4v) is 3.14. The number of carboxylic acid groups (broad SMARTS) is 1. The molecular formula is C17H20N4O3. The Bertz CT molecular complexity index is 721. The number of nitrogens with zero attached hydrogens (tertiary/aromatic N) is 3. The third-order valence-electron chi connectivity index (χ3n) is 4.60. The van der Waals surface area contributed by atoms with Gasteiger partial charge in [-0.3, -0.25) is 14.6 Å². The zero-order valence-corrected chi connectivity index (χ0v) is 13.3. The lowest BCUT2D eigenvalue weighted by molar-refractivity contribution is -0.150. The smallest absolute Gasteiger partial charge is 0.311 e. The lowest BCUT2D eigenvalue weighted by atomic mass is 9.74. The summed E-state index contributed by atoms with van der Waals surface area (Å²) < 4.78 is 1.64. The molecule has 126 valence electrons. The van der Waals surface area contributed by atoms with Crippen LogP contribution >= 0.6 is 0 Å². The predicted molar refractivity (Wildman–Crippen MR) is 86.8 cm³/mol. The third-order valence-corrected chi connectivity index (χ3v) is 4.60. The fourth-order valence-electron chi connectivity index (χ4n) is 3.14. The Balaban J connectivity index is 1.71. The van der Waals surface area contributed by atoms with Crippen LogP contribution in [0.25, 0.3) is 5.69 Å². The number of carbonyl (C=O) groups is 2. The second-order valence-electron chi connectivity index (χ2n) is 6.18. The first kappa shape index (κ1) is 16.2. The van der Waals surface area contributed by atoms with Gasteiger partial charge in [0.25, 0.3) is 5.91 Å². The van der Waals surface area contributed by atoms with Gasteiger partial charge in [-0.1, -0.05) is 19.3 Å². The lowest BCUT2D eigenvalue weighted by Crippen LogP contribution is -2.44. The molecule has 2 N–H and O–H groups in total. The Kier molecular flexibility index (Phi) is 4.59.